The number of thiazole rings is 1. The van der Waals surface area contributed by atoms with E-state index >= 15 is 0 Å². The van der Waals surface area contributed by atoms with E-state index in [0.29, 0.717) is 54.7 Å². The van der Waals surface area contributed by atoms with Crippen molar-refractivity contribution in [2.24, 2.45) is 4.99 Å². The van der Waals surface area contributed by atoms with E-state index in [1.54, 1.807) is 52.2 Å². The fraction of sp³-hybridized carbons (Fsp3) is 0.222. The molecule has 0 aliphatic carbocycles. The number of hydrogen-bond donors (Lipinski definition) is 0. The van der Waals surface area contributed by atoms with Gasteiger partial charge in [0.05, 0.1) is 26.3 Å². The second-order valence-corrected chi connectivity index (χ2v) is 11.8. The average Bonchev–Trinajstić information content (AvgIpc) is 3.42. The summed E-state index contributed by atoms with van der Waals surface area (Å²) < 4.78 is 8.75. The summed E-state index contributed by atoms with van der Waals surface area (Å²) in [5, 5.41) is 1.69. The summed E-state index contributed by atoms with van der Waals surface area (Å²) in [5.41, 5.74) is 1.58. The lowest BCUT2D eigenvalue weighted by Crippen LogP contribution is -2.43. The highest BCUT2D eigenvalue weighted by molar-refractivity contribution is 9.10. The highest BCUT2D eigenvalue weighted by Gasteiger charge is 2.34. The standard InChI is InChI=1S/C27H23BrClN5O3S2/c1-4-33(5-2)24(36)21-15(3)32-27-34(22(21)16-7-9-17(29)10-8-16)23(35)20(38-27)14-18-13-19(28)25(37-18)39-26-30-11-6-12-31-26/h6-14,22H,4-5H2,1-3H3/b20-14-/t22-/m1/s1. The summed E-state index contributed by atoms with van der Waals surface area (Å²) in [6, 6.07) is 10.1. The molecule has 1 atom stereocenters. The summed E-state index contributed by atoms with van der Waals surface area (Å²) in [5.74, 6) is 0.346. The van der Waals surface area contributed by atoms with Gasteiger partial charge in [-0.25, -0.2) is 15.0 Å². The molecule has 3 aromatic heterocycles. The van der Waals surface area contributed by atoms with Crippen molar-refractivity contribution in [1.29, 1.82) is 0 Å². The topological polar surface area (TPSA) is 93.6 Å². The third kappa shape index (κ3) is 5.54. The van der Waals surface area contributed by atoms with E-state index in [1.165, 1.54) is 23.1 Å². The van der Waals surface area contributed by atoms with Crippen LogP contribution < -0.4 is 14.9 Å². The molecule has 0 unspecified atom stereocenters. The molecule has 5 rings (SSSR count). The molecular weight excluding hydrogens is 622 g/mol. The normalized spacial score (nSPS) is 15.3. The Morgan fingerprint density at radius 1 is 1.23 bits per heavy atom. The van der Waals surface area contributed by atoms with Crippen LogP contribution in [0.25, 0.3) is 6.08 Å². The number of halogens is 2. The molecule has 1 aliphatic rings. The Morgan fingerprint density at radius 2 is 1.92 bits per heavy atom. The maximum Gasteiger partial charge on any atom is 0.271 e. The van der Waals surface area contributed by atoms with E-state index in [4.69, 9.17) is 21.0 Å². The zero-order valence-corrected chi connectivity index (χ0v) is 25.2. The number of benzene rings is 1. The van der Waals surface area contributed by atoms with Crippen LogP contribution in [0.1, 0.15) is 38.1 Å². The molecule has 0 saturated carbocycles. The van der Waals surface area contributed by atoms with E-state index in [1.807, 2.05) is 32.9 Å². The molecule has 4 aromatic rings. The van der Waals surface area contributed by atoms with Gasteiger partial charge in [-0.1, -0.05) is 35.1 Å². The van der Waals surface area contributed by atoms with E-state index in [2.05, 4.69) is 25.9 Å². The molecule has 1 aliphatic heterocycles. The first-order valence-electron chi connectivity index (χ1n) is 12.1. The maximum atomic E-state index is 13.9. The number of hydrogen-bond acceptors (Lipinski definition) is 8. The second-order valence-electron chi connectivity index (χ2n) is 8.53. The highest BCUT2D eigenvalue weighted by atomic mass is 79.9. The monoisotopic (exact) mass is 643 g/mol. The number of rotatable bonds is 7. The van der Waals surface area contributed by atoms with Gasteiger partial charge in [-0.2, -0.15) is 0 Å². The summed E-state index contributed by atoms with van der Waals surface area (Å²) in [6.07, 6.45) is 5.01. The first-order chi connectivity index (χ1) is 18.8. The van der Waals surface area contributed by atoms with Crippen LogP contribution in [0.2, 0.25) is 5.02 Å². The Hall–Kier alpha value is -2.99. The number of aromatic nitrogens is 3. The van der Waals surface area contributed by atoms with Gasteiger partial charge in [0.25, 0.3) is 11.5 Å². The molecule has 39 heavy (non-hydrogen) atoms. The zero-order valence-electron chi connectivity index (χ0n) is 21.2. The van der Waals surface area contributed by atoms with Crippen LogP contribution in [0.15, 0.2) is 89.0 Å². The average molecular weight is 645 g/mol. The molecule has 8 nitrogen and oxygen atoms in total. The molecule has 200 valence electrons. The summed E-state index contributed by atoms with van der Waals surface area (Å²) in [7, 11) is 0. The quantitative estimate of drug-likeness (QED) is 0.262. The Bertz CT molecular complexity index is 1740. The van der Waals surface area contributed by atoms with E-state index in [0.717, 1.165) is 10.0 Å². The van der Waals surface area contributed by atoms with Crippen molar-refractivity contribution in [3.63, 3.8) is 0 Å². The molecule has 0 spiro atoms. The number of allylic oxidation sites excluding steroid dienone is 1. The predicted octanol–water partition coefficient (Wildman–Crippen LogP) is 5.05. The minimum absolute atomic E-state index is 0.143. The predicted molar refractivity (Wildman–Crippen MR) is 156 cm³/mol. The molecule has 0 N–H and O–H groups in total. The summed E-state index contributed by atoms with van der Waals surface area (Å²) >= 11 is 12.2. The molecule has 0 bridgehead atoms. The van der Waals surface area contributed by atoms with Crippen molar-refractivity contribution >= 4 is 62.6 Å². The minimum Gasteiger partial charge on any atom is -0.449 e. The number of carbonyl (C=O) groups excluding carboxylic acids is 1. The number of fused-ring (bicyclic) bond motifs is 1. The van der Waals surface area contributed by atoms with Gasteiger partial charge in [0.15, 0.2) is 15.1 Å². The van der Waals surface area contributed by atoms with E-state index in [9.17, 15) is 9.59 Å². The number of amides is 1. The van der Waals surface area contributed by atoms with Crippen LogP contribution in [0.3, 0.4) is 0 Å². The first kappa shape index (κ1) is 27.6. The molecule has 0 fully saturated rings. The molecular formula is C27H23BrClN5O3S2. The van der Waals surface area contributed by atoms with Crippen LogP contribution in [0.4, 0.5) is 0 Å². The fourth-order valence-electron chi connectivity index (χ4n) is 4.30. The summed E-state index contributed by atoms with van der Waals surface area (Å²) in [4.78, 5) is 42.9. The van der Waals surface area contributed by atoms with Crippen molar-refractivity contribution in [3.8, 4) is 0 Å². The highest BCUT2D eigenvalue weighted by Crippen LogP contribution is 2.35. The van der Waals surface area contributed by atoms with Crippen LogP contribution in [-0.2, 0) is 4.79 Å². The third-order valence-corrected chi connectivity index (χ3v) is 9.13. The minimum atomic E-state index is -0.640. The van der Waals surface area contributed by atoms with Gasteiger partial charge in [0.2, 0.25) is 0 Å². The third-order valence-electron chi connectivity index (χ3n) is 6.16. The first-order valence-corrected chi connectivity index (χ1v) is 14.9. The Labute approximate surface area is 245 Å². The second kappa shape index (κ2) is 11.6. The smallest absolute Gasteiger partial charge is 0.271 e. The van der Waals surface area contributed by atoms with Crippen molar-refractivity contribution in [2.45, 2.75) is 37.1 Å². The van der Waals surface area contributed by atoms with E-state index < -0.39 is 6.04 Å². The van der Waals surface area contributed by atoms with Gasteiger partial charge in [-0.3, -0.25) is 14.2 Å². The zero-order chi connectivity index (χ0) is 27.7. The number of furan rings is 1. The molecule has 0 radical (unpaired) electrons. The van der Waals surface area contributed by atoms with Gasteiger partial charge >= 0.3 is 0 Å². The van der Waals surface area contributed by atoms with Crippen molar-refractivity contribution in [1.82, 2.24) is 19.4 Å². The SMILES string of the molecule is CCN(CC)C(=O)C1=C(C)N=c2s/c(=C\c3cc(Br)c(Sc4ncccn4)o3)c(=O)n2[C@@H]1c1ccc(Cl)cc1. The number of likely N-dealkylation sites (N-methyl/N-ethyl adjacent to an activating group) is 1. The van der Waals surface area contributed by atoms with Gasteiger partial charge in [-0.05, 0) is 78.3 Å². The Kier molecular flexibility index (Phi) is 8.22. The van der Waals surface area contributed by atoms with Crippen LogP contribution in [-0.4, -0.2) is 38.4 Å². The van der Waals surface area contributed by atoms with Gasteiger partial charge in [-0.15, -0.1) is 0 Å². The van der Waals surface area contributed by atoms with Crippen molar-refractivity contribution in [2.75, 3.05) is 13.1 Å². The Morgan fingerprint density at radius 3 is 2.59 bits per heavy atom. The van der Waals surface area contributed by atoms with Gasteiger partial charge in [0.1, 0.15) is 5.76 Å². The number of nitrogens with zero attached hydrogens (tertiary/aromatic N) is 5. The van der Waals surface area contributed by atoms with Crippen LogP contribution in [0, 0.1) is 0 Å². The lowest BCUT2D eigenvalue weighted by Gasteiger charge is -2.29. The maximum absolute atomic E-state index is 13.9. The fourth-order valence-corrected chi connectivity index (χ4v) is 6.69. The summed E-state index contributed by atoms with van der Waals surface area (Å²) in [6.45, 7) is 6.77. The molecule has 0 saturated heterocycles. The van der Waals surface area contributed by atoms with Crippen molar-refractivity contribution < 1.29 is 9.21 Å². The van der Waals surface area contributed by atoms with Crippen LogP contribution in [0.5, 0.6) is 0 Å². The Balaban J connectivity index is 1.62. The molecule has 4 heterocycles. The van der Waals surface area contributed by atoms with Crippen molar-refractivity contribution in [3.05, 3.63) is 101 Å². The van der Waals surface area contributed by atoms with E-state index in [-0.39, 0.29) is 11.5 Å². The van der Waals surface area contributed by atoms with Gasteiger partial charge < -0.3 is 9.32 Å². The molecule has 1 amide bonds. The number of carbonyl (C=O) groups is 1. The lowest BCUT2D eigenvalue weighted by atomic mass is 9.94. The van der Waals surface area contributed by atoms with Crippen LogP contribution >= 0.6 is 50.6 Å². The van der Waals surface area contributed by atoms with Gasteiger partial charge in [0, 0.05) is 36.6 Å². The molecule has 1 aromatic carbocycles. The molecule has 12 heteroatoms. The lowest BCUT2D eigenvalue weighted by molar-refractivity contribution is -0.127. The largest absolute Gasteiger partial charge is 0.449 e.